The summed E-state index contributed by atoms with van der Waals surface area (Å²) in [6.45, 7) is 0.477. The van der Waals surface area contributed by atoms with Gasteiger partial charge in [-0.25, -0.2) is 0 Å². The Morgan fingerprint density at radius 1 is 1.30 bits per heavy atom. The molecule has 5 heteroatoms. The summed E-state index contributed by atoms with van der Waals surface area (Å²) in [7, 11) is 0. The number of aryl methyl sites for hydroxylation is 1. The molecule has 0 aliphatic carbocycles. The molecule has 0 spiro atoms. The van der Waals surface area contributed by atoms with Gasteiger partial charge in [0, 0.05) is 25.4 Å². The van der Waals surface area contributed by atoms with E-state index in [1.165, 1.54) is 0 Å². The van der Waals surface area contributed by atoms with Crippen molar-refractivity contribution in [3.05, 3.63) is 54.4 Å². The summed E-state index contributed by atoms with van der Waals surface area (Å²) < 4.78 is 1.71. The lowest BCUT2D eigenvalue weighted by Gasteiger charge is -2.16. The molecule has 5 nitrogen and oxygen atoms in total. The molecule has 20 heavy (non-hydrogen) atoms. The van der Waals surface area contributed by atoms with Gasteiger partial charge in [-0.3, -0.25) is 9.48 Å². The highest BCUT2D eigenvalue weighted by Gasteiger charge is 2.12. The Hall–Kier alpha value is -2.14. The summed E-state index contributed by atoms with van der Waals surface area (Å²) >= 11 is 0. The van der Waals surface area contributed by atoms with E-state index in [4.69, 9.17) is 0 Å². The van der Waals surface area contributed by atoms with Crippen molar-refractivity contribution >= 4 is 5.91 Å². The van der Waals surface area contributed by atoms with Crippen LogP contribution in [0.2, 0.25) is 0 Å². The van der Waals surface area contributed by atoms with Crippen molar-refractivity contribution in [1.82, 2.24) is 15.1 Å². The van der Waals surface area contributed by atoms with Crippen LogP contribution in [-0.2, 0) is 17.8 Å². The van der Waals surface area contributed by atoms with Crippen LogP contribution < -0.4 is 5.32 Å². The van der Waals surface area contributed by atoms with E-state index in [1.807, 2.05) is 42.6 Å². The van der Waals surface area contributed by atoms with Crippen molar-refractivity contribution in [3.63, 3.8) is 0 Å². The molecule has 1 aromatic carbocycles. The fourth-order valence-electron chi connectivity index (χ4n) is 2.01. The number of nitrogens with one attached hydrogen (secondary N) is 1. The summed E-state index contributed by atoms with van der Waals surface area (Å²) in [5.41, 5.74) is 1.10. The second-order valence-corrected chi connectivity index (χ2v) is 4.66. The molecule has 2 N–H and O–H groups in total. The van der Waals surface area contributed by atoms with E-state index >= 15 is 0 Å². The van der Waals surface area contributed by atoms with Crippen LogP contribution in [-0.4, -0.2) is 33.4 Å². The predicted molar refractivity (Wildman–Crippen MR) is 76.0 cm³/mol. The molecule has 1 heterocycles. The second-order valence-electron chi connectivity index (χ2n) is 4.66. The van der Waals surface area contributed by atoms with E-state index in [9.17, 15) is 9.90 Å². The number of hydrogen-bond acceptors (Lipinski definition) is 3. The first-order chi connectivity index (χ1) is 9.78. The number of amides is 1. The molecule has 1 atom stereocenters. The van der Waals surface area contributed by atoms with Gasteiger partial charge in [0.2, 0.25) is 5.91 Å². The number of hydrogen-bond donors (Lipinski definition) is 2. The number of nitrogens with zero attached hydrogens (tertiary/aromatic N) is 2. The van der Waals surface area contributed by atoms with E-state index in [0.717, 1.165) is 5.56 Å². The summed E-state index contributed by atoms with van der Waals surface area (Å²) in [6.07, 6.45) is 4.49. The van der Waals surface area contributed by atoms with Gasteiger partial charge in [0.05, 0.1) is 12.6 Å². The largest absolute Gasteiger partial charge is 0.394 e. The lowest BCUT2D eigenvalue weighted by molar-refractivity contribution is -0.122. The van der Waals surface area contributed by atoms with Crippen molar-refractivity contribution in [2.75, 3.05) is 6.61 Å². The first-order valence-corrected chi connectivity index (χ1v) is 6.69. The highest BCUT2D eigenvalue weighted by atomic mass is 16.3. The van der Waals surface area contributed by atoms with Crippen LogP contribution in [0.15, 0.2) is 48.8 Å². The van der Waals surface area contributed by atoms with Crippen molar-refractivity contribution in [3.8, 4) is 0 Å². The number of aliphatic hydroxyl groups excluding tert-OH is 1. The number of carbonyl (C=O) groups is 1. The Morgan fingerprint density at radius 2 is 2.10 bits per heavy atom. The van der Waals surface area contributed by atoms with Gasteiger partial charge in [0.1, 0.15) is 0 Å². The molecule has 0 fully saturated rings. The number of benzene rings is 1. The summed E-state index contributed by atoms with van der Waals surface area (Å²) in [5.74, 6) is -0.0736. The Labute approximate surface area is 118 Å². The van der Waals surface area contributed by atoms with Crippen molar-refractivity contribution in [1.29, 1.82) is 0 Å². The molecule has 0 saturated heterocycles. The van der Waals surface area contributed by atoms with Crippen molar-refractivity contribution in [2.45, 2.75) is 25.4 Å². The molecular formula is C15H19N3O2. The Kier molecular flexibility index (Phi) is 5.32. The smallest absolute Gasteiger partial charge is 0.222 e. The van der Waals surface area contributed by atoms with E-state index in [2.05, 4.69) is 10.4 Å². The molecule has 106 valence electrons. The maximum Gasteiger partial charge on any atom is 0.222 e. The standard InChI is InChI=1S/C15H19N3O2/c19-12-14(11-13-5-2-1-3-6-13)17-15(20)7-10-18-9-4-8-16-18/h1-6,8-9,14,19H,7,10-12H2,(H,17,20)/t14-/m0/s1. The molecular weight excluding hydrogens is 254 g/mol. The molecule has 0 unspecified atom stereocenters. The Balaban J connectivity index is 1.79. The highest BCUT2D eigenvalue weighted by Crippen LogP contribution is 2.03. The minimum atomic E-state index is -0.248. The quantitative estimate of drug-likeness (QED) is 0.790. The number of aromatic nitrogens is 2. The SMILES string of the molecule is O=C(CCn1cccn1)N[C@H](CO)Cc1ccccc1. The van der Waals surface area contributed by atoms with Gasteiger partial charge in [0.25, 0.3) is 0 Å². The monoisotopic (exact) mass is 273 g/mol. The number of rotatable bonds is 7. The van der Waals surface area contributed by atoms with Gasteiger partial charge in [-0.05, 0) is 18.1 Å². The molecule has 0 aliphatic heterocycles. The van der Waals surface area contributed by atoms with E-state index in [0.29, 0.717) is 19.4 Å². The van der Waals surface area contributed by atoms with E-state index in [-0.39, 0.29) is 18.6 Å². The minimum absolute atomic E-state index is 0.0671. The van der Waals surface area contributed by atoms with Gasteiger partial charge in [-0.1, -0.05) is 30.3 Å². The fraction of sp³-hybridized carbons (Fsp3) is 0.333. The summed E-state index contributed by atoms with van der Waals surface area (Å²) in [4.78, 5) is 11.8. The number of carbonyl (C=O) groups excluding carboxylic acids is 1. The topological polar surface area (TPSA) is 67.2 Å². The zero-order valence-corrected chi connectivity index (χ0v) is 11.3. The zero-order valence-electron chi connectivity index (χ0n) is 11.3. The molecule has 1 amide bonds. The normalized spacial score (nSPS) is 12.1. The summed E-state index contributed by atoms with van der Waals surface area (Å²) in [5, 5.41) is 16.2. The maximum atomic E-state index is 11.8. The number of aliphatic hydroxyl groups is 1. The minimum Gasteiger partial charge on any atom is -0.394 e. The van der Waals surface area contributed by atoms with Crippen molar-refractivity contribution in [2.24, 2.45) is 0 Å². The molecule has 2 aromatic rings. The van der Waals surface area contributed by atoms with Crippen LogP contribution in [0.5, 0.6) is 0 Å². The average Bonchev–Trinajstić information content (AvgIpc) is 2.99. The van der Waals surface area contributed by atoms with Crippen LogP contribution in [0.25, 0.3) is 0 Å². The van der Waals surface area contributed by atoms with Gasteiger partial charge >= 0.3 is 0 Å². The van der Waals surface area contributed by atoms with Gasteiger partial charge in [-0.2, -0.15) is 5.10 Å². The maximum absolute atomic E-state index is 11.8. The zero-order chi connectivity index (χ0) is 14.2. The van der Waals surface area contributed by atoms with Crippen LogP contribution in [0.1, 0.15) is 12.0 Å². The van der Waals surface area contributed by atoms with Gasteiger partial charge < -0.3 is 10.4 Å². The third-order valence-corrected chi connectivity index (χ3v) is 3.04. The lowest BCUT2D eigenvalue weighted by Crippen LogP contribution is -2.39. The van der Waals surface area contributed by atoms with Crippen LogP contribution in [0, 0.1) is 0 Å². The Morgan fingerprint density at radius 3 is 2.75 bits per heavy atom. The molecule has 0 bridgehead atoms. The predicted octanol–water partition coefficient (Wildman–Crippen LogP) is 0.993. The van der Waals surface area contributed by atoms with Crippen LogP contribution in [0.3, 0.4) is 0 Å². The summed E-state index contributed by atoms with van der Waals surface area (Å²) in [6, 6.07) is 11.4. The first kappa shape index (κ1) is 14.3. The lowest BCUT2D eigenvalue weighted by atomic mass is 10.1. The molecule has 0 radical (unpaired) electrons. The molecule has 1 aromatic heterocycles. The van der Waals surface area contributed by atoms with E-state index < -0.39 is 0 Å². The first-order valence-electron chi connectivity index (χ1n) is 6.69. The third-order valence-electron chi connectivity index (χ3n) is 3.04. The Bertz CT molecular complexity index is 511. The molecule has 2 rings (SSSR count). The van der Waals surface area contributed by atoms with Crippen LogP contribution in [0.4, 0.5) is 0 Å². The van der Waals surface area contributed by atoms with Gasteiger partial charge in [-0.15, -0.1) is 0 Å². The average molecular weight is 273 g/mol. The van der Waals surface area contributed by atoms with Gasteiger partial charge in [0.15, 0.2) is 0 Å². The van der Waals surface area contributed by atoms with Crippen LogP contribution >= 0.6 is 0 Å². The fourth-order valence-corrected chi connectivity index (χ4v) is 2.01. The second kappa shape index (κ2) is 7.45. The molecule has 0 aliphatic rings. The highest BCUT2D eigenvalue weighted by molar-refractivity contribution is 5.76. The third kappa shape index (κ3) is 4.51. The van der Waals surface area contributed by atoms with Crippen molar-refractivity contribution < 1.29 is 9.90 Å². The van der Waals surface area contributed by atoms with E-state index in [1.54, 1.807) is 10.9 Å². The molecule has 0 saturated carbocycles.